The Hall–Kier alpha value is -2.32. The average Bonchev–Trinajstić information content (AvgIpc) is 2.73. The highest BCUT2D eigenvalue weighted by Gasteiger charge is 2.45. The SMILES string of the molecule is COc1ccc(COC2CN(OC(=O)OC(C)(C)C)CCC2(O)c2ccc(Cl)cc2)cc1. The lowest BCUT2D eigenvalue weighted by Gasteiger charge is -2.43. The van der Waals surface area contributed by atoms with Gasteiger partial charge >= 0.3 is 6.16 Å². The molecular formula is C24H30ClNO6. The zero-order valence-electron chi connectivity index (χ0n) is 18.8. The Morgan fingerprint density at radius 1 is 1.16 bits per heavy atom. The van der Waals surface area contributed by atoms with Crippen LogP contribution in [0, 0.1) is 0 Å². The van der Waals surface area contributed by atoms with Gasteiger partial charge in [-0.2, -0.15) is 0 Å². The standard InChI is InChI=1S/C24H30ClNO6/c1-23(2,3)31-22(27)32-26-14-13-24(28,18-7-9-19(25)10-8-18)21(15-26)30-16-17-5-11-20(29-4)12-6-17/h5-12,21,28H,13-16H2,1-4H3. The van der Waals surface area contributed by atoms with Crippen molar-refractivity contribution < 1.29 is 28.9 Å². The van der Waals surface area contributed by atoms with Crippen LogP contribution in [0.2, 0.25) is 5.02 Å². The molecule has 0 bridgehead atoms. The Labute approximate surface area is 193 Å². The molecule has 0 saturated carbocycles. The number of nitrogens with zero attached hydrogens (tertiary/aromatic N) is 1. The molecule has 2 atom stereocenters. The lowest BCUT2D eigenvalue weighted by atomic mass is 9.82. The number of ether oxygens (including phenoxy) is 3. The minimum atomic E-state index is -1.27. The summed E-state index contributed by atoms with van der Waals surface area (Å²) in [6.45, 7) is 6.07. The van der Waals surface area contributed by atoms with Crippen molar-refractivity contribution in [3.63, 3.8) is 0 Å². The molecule has 0 spiro atoms. The van der Waals surface area contributed by atoms with Crippen molar-refractivity contribution in [1.82, 2.24) is 5.06 Å². The van der Waals surface area contributed by atoms with E-state index in [9.17, 15) is 9.90 Å². The fourth-order valence-electron chi connectivity index (χ4n) is 3.52. The summed E-state index contributed by atoms with van der Waals surface area (Å²) in [6, 6.07) is 14.5. The van der Waals surface area contributed by atoms with Crippen LogP contribution in [0.4, 0.5) is 4.79 Å². The van der Waals surface area contributed by atoms with Gasteiger partial charge in [-0.3, -0.25) is 0 Å². The third-order valence-corrected chi connectivity index (χ3v) is 5.44. The van der Waals surface area contributed by atoms with Gasteiger partial charge in [-0.05, 0) is 62.6 Å². The first-order valence-corrected chi connectivity index (χ1v) is 10.9. The highest BCUT2D eigenvalue weighted by Crippen LogP contribution is 2.36. The molecule has 32 heavy (non-hydrogen) atoms. The lowest BCUT2D eigenvalue weighted by Crippen LogP contribution is -2.55. The van der Waals surface area contributed by atoms with Crippen LogP contribution >= 0.6 is 11.6 Å². The maximum absolute atomic E-state index is 12.1. The molecule has 2 aromatic carbocycles. The summed E-state index contributed by atoms with van der Waals surface area (Å²) in [5.74, 6) is 0.751. The van der Waals surface area contributed by atoms with Crippen LogP contribution < -0.4 is 4.74 Å². The van der Waals surface area contributed by atoms with E-state index in [-0.39, 0.29) is 13.2 Å². The third kappa shape index (κ3) is 6.36. The summed E-state index contributed by atoms with van der Waals surface area (Å²) < 4.78 is 16.6. The van der Waals surface area contributed by atoms with Crippen molar-refractivity contribution in [2.24, 2.45) is 0 Å². The molecule has 0 radical (unpaired) electrons. The third-order valence-electron chi connectivity index (χ3n) is 5.19. The van der Waals surface area contributed by atoms with E-state index in [2.05, 4.69) is 0 Å². The van der Waals surface area contributed by atoms with Gasteiger partial charge in [0.25, 0.3) is 0 Å². The molecule has 8 heteroatoms. The number of methoxy groups -OCH3 is 1. The van der Waals surface area contributed by atoms with Gasteiger partial charge in [-0.15, -0.1) is 5.06 Å². The van der Waals surface area contributed by atoms with E-state index in [1.807, 2.05) is 24.3 Å². The monoisotopic (exact) mass is 463 g/mol. The zero-order chi connectivity index (χ0) is 23.4. The molecule has 1 saturated heterocycles. The van der Waals surface area contributed by atoms with E-state index >= 15 is 0 Å². The molecule has 1 aliphatic rings. The van der Waals surface area contributed by atoms with Crippen molar-refractivity contribution in [1.29, 1.82) is 0 Å². The molecule has 0 amide bonds. The van der Waals surface area contributed by atoms with E-state index in [4.69, 9.17) is 30.6 Å². The summed E-state index contributed by atoms with van der Waals surface area (Å²) in [6.07, 6.45) is -1.16. The molecule has 3 rings (SSSR count). The predicted octanol–water partition coefficient (Wildman–Crippen LogP) is 4.69. The summed E-state index contributed by atoms with van der Waals surface area (Å²) in [7, 11) is 1.61. The average molecular weight is 464 g/mol. The number of hydrogen-bond acceptors (Lipinski definition) is 7. The van der Waals surface area contributed by atoms with Gasteiger partial charge in [-0.25, -0.2) is 4.79 Å². The van der Waals surface area contributed by atoms with E-state index in [1.165, 1.54) is 5.06 Å². The molecule has 1 heterocycles. The van der Waals surface area contributed by atoms with E-state index in [0.717, 1.165) is 11.3 Å². The maximum atomic E-state index is 12.1. The van der Waals surface area contributed by atoms with Crippen LogP contribution in [0.15, 0.2) is 48.5 Å². The summed E-state index contributed by atoms with van der Waals surface area (Å²) >= 11 is 6.03. The van der Waals surface area contributed by atoms with Gasteiger partial charge in [0.05, 0.1) is 20.3 Å². The quantitative estimate of drug-likeness (QED) is 0.622. The number of rotatable bonds is 6. The molecule has 0 aromatic heterocycles. The number of aliphatic hydroxyl groups is 1. The number of hydroxylamine groups is 2. The number of piperidine rings is 1. The Morgan fingerprint density at radius 3 is 2.41 bits per heavy atom. The second kappa shape index (κ2) is 10.1. The Balaban J connectivity index is 1.75. The first kappa shape index (κ1) is 24.3. The maximum Gasteiger partial charge on any atom is 0.528 e. The number of benzene rings is 2. The fourth-order valence-corrected chi connectivity index (χ4v) is 3.64. The van der Waals surface area contributed by atoms with Gasteiger partial charge in [0, 0.05) is 11.6 Å². The Morgan fingerprint density at radius 2 is 1.81 bits per heavy atom. The van der Waals surface area contributed by atoms with Crippen LogP contribution in [0.1, 0.15) is 38.3 Å². The number of hydrogen-bond donors (Lipinski definition) is 1. The summed E-state index contributed by atoms with van der Waals surface area (Å²) in [5, 5.41) is 13.7. The molecule has 1 N–H and O–H groups in total. The highest BCUT2D eigenvalue weighted by atomic mass is 35.5. The summed E-state index contributed by atoms with van der Waals surface area (Å²) in [4.78, 5) is 17.5. The van der Waals surface area contributed by atoms with Crippen LogP contribution in [0.5, 0.6) is 5.75 Å². The van der Waals surface area contributed by atoms with Gasteiger partial charge in [0.2, 0.25) is 0 Å². The predicted molar refractivity (Wildman–Crippen MR) is 120 cm³/mol. The molecule has 2 unspecified atom stereocenters. The van der Waals surface area contributed by atoms with Crippen molar-refractivity contribution >= 4 is 17.8 Å². The molecule has 1 aliphatic heterocycles. The smallest absolute Gasteiger partial charge is 0.497 e. The van der Waals surface area contributed by atoms with Crippen LogP contribution in [0.3, 0.4) is 0 Å². The first-order chi connectivity index (χ1) is 15.1. The molecule has 174 valence electrons. The second-order valence-corrected chi connectivity index (χ2v) is 9.21. The summed E-state index contributed by atoms with van der Waals surface area (Å²) in [5.41, 5.74) is -0.320. The van der Waals surface area contributed by atoms with Gasteiger partial charge in [0.15, 0.2) is 0 Å². The van der Waals surface area contributed by atoms with Crippen molar-refractivity contribution in [2.45, 2.75) is 51.1 Å². The van der Waals surface area contributed by atoms with E-state index in [0.29, 0.717) is 23.6 Å². The van der Waals surface area contributed by atoms with Crippen LogP contribution in [0.25, 0.3) is 0 Å². The minimum Gasteiger partial charge on any atom is -0.497 e. The Bertz CT molecular complexity index is 896. The number of carbonyl (C=O) groups is 1. The number of carbonyl (C=O) groups excluding carboxylic acids is 1. The van der Waals surface area contributed by atoms with E-state index < -0.39 is 23.5 Å². The van der Waals surface area contributed by atoms with Crippen molar-refractivity contribution in [3.05, 3.63) is 64.7 Å². The Kier molecular flexibility index (Phi) is 7.67. The zero-order valence-corrected chi connectivity index (χ0v) is 19.6. The molecule has 2 aromatic rings. The largest absolute Gasteiger partial charge is 0.528 e. The first-order valence-electron chi connectivity index (χ1n) is 10.5. The highest BCUT2D eigenvalue weighted by molar-refractivity contribution is 6.30. The van der Waals surface area contributed by atoms with Gasteiger partial charge in [-0.1, -0.05) is 35.9 Å². The topological polar surface area (TPSA) is 77.5 Å². The van der Waals surface area contributed by atoms with Gasteiger partial charge < -0.3 is 24.2 Å². The van der Waals surface area contributed by atoms with Crippen LogP contribution in [-0.2, 0) is 26.5 Å². The molecule has 1 fully saturated rings. The van der Waals surface area contributed by atoms with Crippen molar-refractivity contribution in [2.75, 3.05) is 20.2 Å². The lowest BCUT2D eigenvalue weighted by molar-refractivity contribution is -0.228. The fraction of sp³-hybridized carbons (Fsp3) is 0.458. The normalized spacial score (nSPS) is 21.8. The number of halogens is 1. The van der Waals surface area contributed by atoms with E-state index in [1.54, 1.807) is 52.1 Å². The second-order valence-electron chi connectivity index (χ2n) is 8.77. The van der Waals surface area contributed by atoms with Crippen LogP contribution in [-0.4, -0.2) is 48.2 Å². The molecule has 0 aliphatic carbocycles. The minimum absolute atomic E-state index is 0.175. The molecular weight excluding hydrogens is 434 g/mol. The van der Waals surface area contributed by atoms with Gasteiger partial charge in [0.1, 0.15) is 23.1 Å². The molecule has 7 nitrogen and oxygen atoms in total. The van der Waals surface area contributed by atoms with Crippen molar-refractivity contribution in [3.8, 4) is 5.75 Å².